The van der Waals surface area contributed by atoms with Gasteiger partial charge in [0.2, 0.25) is 10.0 Å². The van der Waals surface area contributed by atoms with E-state index < -0.39 is 21.9 Å². The lowest BCUT2D eigenvalue weighted by atomic mass is 9.84. The highest BCUT2D eigenvalue weighted by Crippen LogP contribution is 2.44. The minimum atomic E-state index is -3.81. The van der Waals surface area contributed by atoms with Crippen molar-refractivity contribution in [3.63, 3.8) is 0 Å². The van der Waals surface area contributed by atoms with Crippen LogP contribution in [0.15, 0.2) is 59.5 Å². The first-order valence-electron chi connectivity index (χ1n) is 13.1. The normalized spacial score (nSPS) is 21.1. The van der Waals surface area contributed by atoms with Gasteiger partial charge < -0.3 is 9.84 Å². The second-order valence-electron chi connectivity index (χ2n) is 10.5. The summed E-state index contributed by atoms with van der Waals surface area (Å²) in [5.41, 5.74) is 6.23. The summed E-state index contributed by atoms with van der Waals surface area (Å²) < 4.78 is 37.0. The van der Waals surface area contributed by atoms with Crippen LogP contribution in [0.25, 0.3) is 11.0 Å². The molecule has 0 saturated heterocycles. The van der Waals surface area contributed by atoms with E-state index in [0.29, 0.717) is 12.2 Å². The predicted octanol–water partition coefficient (Wildman–Crippen LogP) is 4.34. The highest BCUT2D eigenvalue weighted by Gasteiger charge is 2.41. The van der Waals surface area contributed by atoms with Crippen molar-refractivity contribution in [3.05, 3.63) is 82.4 Å². The van der Waals surface area contributed by atoms with Gasteiger partial charge in [-0.1, -0.05) is 41.6 Å². The van der Waals surface area contributed by atoms with E-state index in [-0.39, 0.29) is 30.0 Å². The summed E-state index contributed by atoms with van der Waals surface area (Å²) in [4.78, 5) is 12.2. The number of carboxylic acids is 1. The van der Waals surface area contributed by atoms with Gasteiger partial charge in [-0.3, -0.25) is 4.79 Å². The Labute approximate surface area is 227 Å². The molecule has 1 aromatic heterocycles. The molecule has 202 valence electrons. The Morgan fingerprint density at radius 2 is 1.97 bits per heavy atom. The van der Waals surface area contributed by atoms with Crippen molar-refractivity contribution in [2.75, 3.05) is 6.54 Å². The molecule has 0 amide bonds. The monoisotopic (exact) mass is 546 g/mol. The average Bonchev–Trinajstić information content (AvgIpc) is 3.47. The van der Waals surface area contributed by atoms with Crippen LogP contribution >= 0.6 is 0 Å². The number of para-hydroxylation sites is 1. The van der Waals surface area contributed by atoms with E-state index in [1.807, 2.05) is 51.2 Å². The summed E-state index contributed by atoms with van der Waals surface area (Å²) in [7, 11) is -1.99. The number of sulfonamides is 1. The molecular weight excluding hydrogens is 516 g/mol. The second kappa shape index (κ2) is 9.46. The molecule has 0 radical (unpaired) electrons. The van der Waals surface area contributed by atoms with Crippen molar-refractivity contribution < 1.29 is 23.1 Å². The van der Waals surface area contributed by atoms with E-state index in [9.17, 15) is 18.3 Å². The van der Waals surface area contributed by atoms with Crippen LogP contribution in [0, 0.1) is 6.92 Å². The zero-order valence-electron chi connectivity index (χ0n) is 22.0. The third-order valence-corrected chi connectivity index (χ3v) is 9.91. The Morgan fingerprint density at radius 1 is 1.18 bits per heavy atom. The molecule has 2 aliphatic rings. The first-order chi connectivity index (χ1) is 18.6. The molecule has 2 heterocycles. The SMILES string of the molecule is Cc1c(C(CC(=O)O)c2ccc3c(c2)C(N2C[C@@H](C)Oc4ccccc4S2(=O)=O)CC3)ccc2c1nnn2C. The maximum atomic E-state index is 13.9. The molecule has 6 rings (SSSR count). The van der Waals surface area contributed by atoms with Crippen molar-refractivity contribution in [1.29, 1.82) is 0 Å². The Bertz CT molecular complexity index is 1710. The van der Waals surface area contributed by atoms with Gasteiger partial charge in [0.15, 0.2) is 0 Å². The highest BCUT2D eigenvalue weighted by molar-refractivity contribution is 7.89. The zero-order chi connectivity index (χ0) is 27.5. The number of ether oxygens (including phenoxy) is 1. The molecule has 2 unspecified atom stereocenters. The van der Waals surface area contributed by atoms with Gasteiger partial charge in [-0.05, 0) is 72.7 Å². The fourth-order valence-corrected chi connectivity index (χ4v) is 7.94. The van der Waals surface area contributed by atoms with Gasteiger partial charge in [0.1, 0.15) is 22.3 Å². The minimum absolute atomic E-state index is 0.101. The van der Waals surface area contributed by atoms with Crippen LogP contribution in [0.2, 0.25) is 0 Å². The number of aliphatic carboxylic acids is 1. The number of aryl methyl sites for hydroxylation is 3. The Kier molecular flexibility index (Phi) is 6.19. The second-order valence-corrected chi connectivity index (χ2v) is 12.3. The van der Waals surface area contributed by atoms with Crippen LogP contribution in [0.3, 0.4) is 0 Å². The number of carbonyl (C=O) groups is 1. The van der Waals surface area contributed by atoms with E-state index >= 15 is 0 Å². The van der Waals surface area contributed by atoms with Gasteiger partial charge in [-0.15, -0.1) is 5.10 Å². The Balaban J connectivity index is 1.44. The topological polar surface area (TPSA) is 115 Å². The summed E-state index contributed by atoms with van der Waals surface area (Å²) in [6.07, 6.45) is 0.978. The van der Waals surface area contributed by atoms with Crippen LogP contribution in [0.5, 0.6) is 5.75 Å². The minimum Gasteiger partial charge on any atom is -0.488 e. The lowest BCUT2D eigenvalue weighted by Gasteiger charge is -2.29. The van der Waals surface area contributed by atoms with Gasteiger partial charge in [0.25, 0.3) is 0 Å². The Morgan fingerprint density at radius 3 is 2.77 bits per heavy atom. The number of benzene rings is 3. The van der Waals surface area contributed by atoms with Gasteiger partial charge in [-0.2, -0.15) is 4.31 Å². The number of rotatable bonds is 5. The highest BCUT2D eigenvalue weighted by atomic mass is 32.2. The number of carboxylic acid groups (broad SMARTS) is 1. The molecule has 1 aliphatic carbocycles. The van der Waals surface area contributed by atoms with Crippen LogP contribution < -0.4 is 4.74 Å². The maximum Gasteiger partial charge on any atom is 0.304 e. The third-order valence-electron chi connectivity index (χ3n) is 8.00. The average molecular weight is 547 g/mol. The molecule has 0 spiro atoms. The molecule has 4 aromatic rings. The molecule has 9 nitrogen and oxygen atoms in total. The Hall–Kier alpha value is -3.76. The number of hydrogen-bond donors (Lipinski definition) is 1. The standard InChI is InChI=1S/C29H30N4O5S/c1-17-16-33(39(36,37)27-7-5-4-6-26(27)38-17)24-12-10-19-8-9-20(14-23(19)24)22(15-28(34)35)21-11-13-25-29(18(21)2)30-31-32(25)3/h4-9,11,13-14,17,22,24H,10,12,15-16H2,1-3H3,(H,34,35)/t17-,22?,24?/m1/s1. The van der Waals surface area contributed by atoms with Crippen LogP contribution in [0.1, 0.15) is 59.5 Å². The van der Waals surface area contributed by atoms with E-state index in [1.54, 1.807) is 33.3 Å². The largest absolute Gasteiger partial charge is 0.488 e. The van der Waals surface area contributed by atoms with Crippen molar-refractivity contribution >= 4 is 27.0 Å². The third kappa shape index (κ3) is 4.28. The molecule has 0 fully saturated rings. The van der Waals surface area contributed by atoms with Crippen LogP contribution in [0.4, 0.5) is 0 Å². The van der Waals surface area contributed by atoms with Crippen LogP contribution in [-0.2, 0) is 28.3 Å². The summed E-state index contributed by atoms with van der Waals surface area (Å²) >= 11 is 0. The van der Waals surface area contributed by atoms with Gasteiger partial charge >= 0.3 is 5.97 Å². The molecule has 10 heteroatoms. The number of aromatic nitrogens is 3. The van der Waals surface area contributed by atoms with Gasteiger partial charge in [-0.25, -0.2) is 13.1 Å². The van der Waals surface area contributed by atoms with Gasteiger partial charge in [0.05, 0.1) is 24.5 Å². The summed E-state index contributed by atoms with van der Waals surface area (Å²) in [5.74, 6) is -0.964. The number of hydrogen-bond acceptors (Lipinski definition) is 6. The molecular formula is C29H30N4O5S. The fraction of sp³-hybridized carbons (Fsp3) is 0.345. The first-order valence-corrected chi connectivity index (χ1v) is 14.5. The smallest absolute Gasteiger partial charge is 0.304 e. The summed E-state index contributed by atoms with van der Waals surface area (Å²) in [6.45, 7) is 4.05. The molecule has 3 aromatic carbocycles. The molecule has 3 atom stereocenters. The number of nitrogens with zero attached hydrogens (tertiary/aromatic N) is 4. The quantitative estimate of drug-likeness (QED) is 0.396. The van der Waals surface area contributed by atoms with Crippen molar-refractivity contribution in [1.82, 2.24) is 19.3 Å². The van der Waals surface area contributed by atoms with Crippen LogP contribution in [-0.4, -0.2) is 51.4 Å². The van der Waals surface area contributed by atoms with Gasteiger partial charge in [0, 0.05) is 13.0 Å². The molecule has 1 aliphatic heterocycles. The van der Waals surface area contributed by atoms with Crippen molar-refractivity contribution in [3.8, 4) is 5.75 Å². The first kappa shape index (κ1) is 25.5. The molecule has 39 heavy (non-hydrogen) atoms. The zero-order valence-corrected chi connectivity index (χ0v) is 22.9. The lowest BCUT2D eigenvalue weighted by Crippen LogP contribution is -2.38. The maximum absolute atomic E-state index is 13.9. The molecule has 0 saturated carbocycles. The summed E-state index contributed by atoms with van der Waals surface area (Å²) in [6, 6.07) is 16.3. The fourth-order valence-electron chi connectivity index (χ4n) is 6.11. The van der Waals surface area contributed by atoms with E-state index in [4.69, 9.17) is 4.74 Å². The van der Waals surface area contributed by atoms with E-state index in [2.05, 4.69) is 10.3 Å². The van der Waals surface area contributed by atoms with E-state index in [1.165, 1.54) is 0 Å². The number of fused-ring (bicyclic) bond motifs is 3. The molecule has 1 N–H and O–H groups in total. The molecule has 0 bridgehead atoms. The van der Waals surface area contributed by atoms with Crippen molar-refractivity contribution in [2.45, 2.75) is 56.1 Å². The summed E-state index contributed by atoms with van der Waals surface area (Å²) in [5, 5.41) is 18.3. The van der Waals surface area contributed by atoms with E-state index in [0.717, 1.165) is 45.3 Å². The lowest BCUT2D eigenvalue weighted by molar-refractivity contribution is -0.137. The predicted molar refractivity (Wildman–Crippen MR) is 145 cm³/mol. The van der Waals surface area contributed by atoms with Crippen molar-refractivity contribution in [2.24, 2.45) is 7.05 Å².